The van der Waals surface area contributed by atoms with Crippen LogP contribution in [0.5, 0.6) is 5.75 Å². The second kappa shape index (κ2) is 9.75. The van der Waals surface area contributed by atoms with E-state index in [0.717, 1.165) is 11.3 Å². The largest absolute Gasteiger partial charge is 0.487 e. The summed E-state index contributed by atoms with van der Waals surface area (Å²) < 4.78 is 13.3. The van der Waals surface area contributed by atoms with Crippen molar-refractivity contribution in [1.29, 1.82) is 0 Å². The SMILES string of the molecule is Cc1ccc2nc(COc3ccc(C(=O)NC4CCN(C(=O)OC(C)(C)C)CC4)cc3)cn2c1. The molecule has 1 aliphatic heterocycles. The number of rotatable bonds is 5. The van der Waals surface area contributed by atoms with Crippen LogP contribution in [-0.2, 0) is 11.3 Å². The zero-order valence-electron chi connectivity index (χ0n) is 20.2. The molecule has 0 unspecified atom stereocenters. The molecule has 8 heteroatoms. The minimum absolute atomic E-state index is 0.0285. The maximum atomic E-state index is 12.7. The molecule has 3 aromatic rings. The number of carbonyl (C=O) groups is 2. The van der Waals surface area contributed by atoms with Crippen LogP contribution in [-0.4, -0.2) is 51.0 Å². The molecule has 3 heterocycles. The highest BCUT2D eigenvalue weighted by Gasteiger charge is 2.27. The van der Waals surface area contributed by atoms with Gasteiger partial charge in [0.15, 0.2) is 0 Å². The van der Waals surface area contributed by atoms with Crippen molar-refractivity contribution in [3.63, 3.8) is 0 Å². The summed E-state index contributed by atoms with van der Waals surface area (Å²) in [6, 6.07) is 11.1. The number of nitrogens with one attached hydrogen (secondary N) is 1. The Bertz CT molecular complexity index is 1160. The molecule has 0 aliphatic carbocycles. The molecule has 0 saturated carbocycles. The third-order valence-corrected chi connectivity index (χ3v) is 5.63. The zero-order chi connectivity index (χ0) is 24.3. The Balaban J connectivity index is 1.25. The molecule has 1 saturated heterocycles. The fraction of sp³-hybridized carbons (Fsp3) is 0.423. The lowest BCUT2D eigenvalue weighted by molar-refractivity contribution is 0.0199. The first-order chi connectivity index (χ1) is 16.2. The van der Waals surface area contributed by atoms with E-state index in [-0.39, 0.29) is 18.0 Å². The van der Waals surface area contributed by atoms with Gasteiger partial charge < -0.3 is 24.1 Å². The van der Waals surface area contributed by atoms with Crippen molar-refractivity contribution in [2.45, 2.75) is 58.8 Å². The molecule has 1 aromatic carbocycles. The Kier molecular flexibility index (Phi) is 6.77. The van der Waals surface area contributed by atoms with Crippen molar-refractivity contribution < 1.29 is 19.1 Å². The maximum absolute atomic E-state index is 12.7. The van der Waals surface area contributed by atoms with E-state index in [4.69, 9.17) is 9.47 Å². The minimum atomic E-state index is -0.510. The van der Waals surface area contributed by atoms with E-state index in [1.165, 1.54) is 5.56 Å². The average molecular weight is 465 g/mol. The van der Waals surface area contributed by atoms with Crippen LogP contribution in [0.1, 0.15) is 55.2 Å². The molecule has 0 radical (unpaired) electrons. The van der Waals surface area contributed by atoms with Gasteiger partial charge in [0.2, 0.25) is 0 Å². The van der Waals surface area contributed by atoms with Gasteiger partial charge >= 0.3 is 6.09 Å². The van der Waals surface area contributed by atoms with Gasteiger partial charge in [-0.3, -0.25) is 4.79 Å². The van der Waals surface area contributed by atoms with E-state index < -0.39 is 5.60 Å². The number of hydrogen-bond donors (Lipinski definition) is 1. The summed E-state index contributed by atoms with van der Waals surface area (Å²) in [5.41, 5.74) is 2.95. The van der Waals surface area contributed by atoms with Crippen LogP contribution < -0.4 is 10.1 Å². The third kappa shape index (κ3) is 6.07. The predicted octanol–water partition coefficient (Wildman–Crippen LogP) is 4.35. The molecule has 0 bridgehead atoms. The molecule has 2 aromatic heterocycles. The van der Waals surface area contributed by atoms with Gasteiger partial charge in [-0.25, -0.2) is 9.78 Å². The highest BCUT2D eigenvalue weighted by atomic mass is 16.6. The summed E-state index contributed by atoms with van der Waals surface area (Å²) in [7, 11) is 0. The molecular formula is C26H32N4O4. The van der Waals surface area contributed by atoms with E-state index in [9.17, 15) is 9.59 Å². The number of ether oxygens (including phenoxy) is 2. The van der Waals surface area contributed by atoms with Gasteiger partial charge in [-0.05, 0) is 76.4 Å². The molecule has 1 fully saturated rings. The smallest absolute Gasteiger partial charge is 0.410 e. The number of nitrogens with zero attached hydrogens (tertiary/aromatic N) is 3. The fourth-order valence-corrected chi connectivity index (χ4v) is 3.89. The maximum Gasteiger partial charge on any atom is 0.410 e. The molecule has 34 heavy (non-hydrogen) atoms. The van der Waals surface area contributed by atoms with Crippen LogP contribution in [0, 0.1) is 6.92 Å². The molecule has 180 valence electrons. The first kappa shape index (κ1) is 23.6. The lowest BCUT2D eigenvalue weighted by atomic mass is 10.0. The normalized spacial score (nSPS) is 14.8. The van der Waals surface area contributed by atoms with E-state index in [1.54, 1.807) is 29.2 Å². The van der Waals surface area contributed by atoms with Crippen molar-refractivity contribution in [3.8, 4) is 5.75 Å². The number of benzene rings is 1. The molecule has 1 aliphatic rings. The number of aromatic nitrogens is 2. The van der Waals surface area contributed by atoms with Crippen LogP contribution in [0.25, 0.3) is 5.65 Å². The molecule has 2 amide bonds. The number of fused-ring (bicyclic) bond motifs is 1. The fourth-order valence-electron chi connectivity index (χ4n) is 3.89. The van der Waals surface area contributed by atoms with Gasteiger partial charge in [0.05, 0.1) is 5.69 Å². The zero-order valence-corrected chi connectivity index (χ0v) is 20.2. The van der Waals surface area contributed by atoms with Crippen molar-refractivity contribution >= 4 is 17.6 Å². The molecule has 1 N–H and O–H groups in total. The van der Waals surface area contributed by atoms with E-state index in [0.29, 0.717) is 43.9 Å². The number of piperidine rings is 1. The summed E-state index contributed by atoms with van der Waals surface area (Å²) in [5.74, 6) is 0.549. The first-order valence-corrected chi connectivity index (χ1v) is 11.6. The van der Waals surface area contributed by atoms with E-state index in [2.05, 4.69) is 10.3 Å². The summed E-state index contributed by atoms with van der Waals surface area (Å²) in [4.78, 5) is 31.1. The van der Waals surface area contributed by atoms with Crippen LogP contribution in [0.15, 0.2) is 48.8 Å². The summed E-state index contributed by atoms with van der Waals surface area (Å²) in [6.45, 7) is 9.09. The molecule has 8 nitrogen and oxygen atoms in total. The summed E-state index contributed by atoms with van der Waals surface area (Å²) in [6.07, 6.45) is 5.08. The van der Waals surface area contributed by atoms with Gasteiger partial charge in [-0.15, -0.1) is 0 Å². The van der Waals surface area contributed by atoms with E-state index in [1.807, 2.05) is 56.6 Å². The van der Waals surface area contributed by atoms with E-state index >= 15 is 0 Å². The monoisotopic (exact) mass is 464 g/mol. The minimum Gasteiger partial charge on any atom is -0.487 e. The summed E-state index contributed by atoms with van der Waals surface area (Å²) >= 11 is 0. The van der Waals surface area contributed by atoms with Crippen molar-refractivity contribution in [1.82, 2.24) is 19.6 Å². The van der Waals surface area contributed by atoms with Gasteiger partial charge in [0.25, 0.3) is 5.91 Å². The van der Waals surface area contributed by atoms with Crippen LogP contribution in [0.3, 0.4) is 0 Å². The molecule has 0 atom stereocenters. The lowest BCUT2D eigenvalue weighted by Crippen LogP contribution is -2.47. The Morgan fingerprint density at radius 3 is 2.44 bits per heavy atom. The van der Waals surface area contributed by atoms with Crippen LogP contribution in [0.2, 0.25) is 0 Å². The van der Waals surface area contributed by atoms with Gasteiger partial charge in [0.1, 0.15) is 23.6 Å². The highest BCUT2D eigenvalue weighted by molar-refractivity contribution is 5.94. The Morgan fingerprint density at radius 1 is 1.06 bits per heavy atom. The number of carbonyl (C=O) groups excluding carboxylic acids is 2. The Hall–Kier alpha value is -3.55. The average Bonchev–Trinajstić information content (AvgIpc) is 3.19. The number of amides is 2. The molecule has 4 rings (SSSR count). The Morgan fingerprint density at radius 2 is 1.76 bits per heavy atom. The second-order valence-corrected chi connectivity index (χ2v) is 9.73. The number of likely N-dealkylation sites (tertiary alicyclic amines) is 1. The van der Waals surface area contributed by atoms with Crippen molar-refractivity contribution in [2.75, 3.05) is 13.1 Å². The molecule has 0 spiro atoms. The third-order valence-electron chi connectivity index (χ3n) is 5.63. The molecular weight excluding hydrogens is 432 g/mol. The first-order valence-electron chi connectivity index (χ1n) is 11.6. The quantitative estimate of drug-likeness (QED) is 0.607. The topological polar surface area (TPSA) is 85.2 Å². The van der Waals surface area contributed by atoms with Crippen molar-refractivity contribution in [3.05, 3.63) is 65.6 Å². The summed E-state index contributed by atoms with van der Waals surface area (Å²) in [5, 5.41) is 3.07. The number of pyridine rings is 1. The highest BCUT2D eigenvalue weighted by Crippen LogP contribution is 2.18. The van der Waals surface area contributed by atoms with Crippen LogP contribution in [0.4, 0.5) is 4.79 Å². The van der Waals surface area contributed by atoms with Crippen molar-refractivity contribution in [2.24, 2.45) is 0 Å². The number of aryl methyl sites for hydroxylation is 1. The Labute approximate surface area is 199 Å². The van der Waals surface area contributed by atoms with Gasteiger partial charge in [-0.1, -0.05) is 6.07 Å². The van der Waals surface area contributed by atoms with Crippen LogP contribution >= 0.6 is 0 Å². The second-order valence-electron chi connectivity index (χ2n) is 9.73. The standard InChI is InChI=1S/C26H32N4O4/c1-18-5-10-23-27-21(16-30(23)15-18)17-33-22-8-6-19(7-9-22)24(31)28-20-11-13-29(14-12-20)25(32)34-26(2,3)4/h5-10,15-16,20H,11-14,17H2,1-4H3,(H,28,31). The van der Waals surface area contributed by atoms with Gasteiger partial charge in [0, 0.05) is 37.1 Å². The predicted molar refractivity (Wildman–Crippen MR) is 129 cm³/mol. The number of imidazole rings is 1. The lowest BCUT2D eigenvalue weighted by Gasteiger charge is -2.33. The number of hydrogen-bond acceptors (Lipinski definition) is 5. The van der Waals surface area contributed by atoms with Gasteiger partial charge in [-0.2, -0.15) is 0 Å².